The Balaban J connectivity index is 2.01. The van der Waals surface area contributed by atoms with Crippen LogP contribution in [0.3, 0.4) is 0 Å². The van der Waals surface area contributed by atoms with E-state index in [1.54, 1.807) is 0 Å². The molecule has 2 aromatic carbocycles. The fourth-order valence-electron chi connectivity index (χ4n) is 4.30. The van der Waals surface area contributed by atoms with E-state index in [-0.39, 0.29) is 8.81 Å². The Hall–Kier alpha value is -1.37. The van der Waals surface area contributed by atoms with Gasteiger partial charge in [0.2, 0.25) is 0 Å². The number of aromatic hydroxyl groups is 1. The van der Waals surface area contributed by atoms with Gasteiger partial charge in [0, 0.05) is 19.7 Å². The third-order valence-corrected chi connectivity index (χ3v) is 6.07. The molecule has 2 N–H and O–H groups in total. The van der Waals surface area contributed by atoms with Crippen LogP contribution in [0.4, 0.5) is 0 Å². The molecule has 2 aliphatic carbocycles. The number of fused-ring (bicyclic) bond motifs is 2. The largest absolute Gasteiger partial charge is 0.507 e. The number of hydrogen-bond donors (Lipinski definition) is 2. The van der Waals surface area contributed by atoms with Gasteiger partial charge in [-0.3, -0.25) is 0 Å². The van der Waals surface area contributed by atoms with Crippen molar-refractivity contribution < 1.29 is 10.00 Å². The van der Waals surface area contributed by atoms with Crippen LogP contribution in [0.25, 0.3) is 11.1 Å². The third kappa shape index (κ3) is 2.58. The van der Waals surface area contributed by atoms with Crippen LogP contribution < -0.4 is 5.30 Å². The Morgan fingerprint density at radius 3 is 1.91 bits per heavy atom. The van der Waals surface area contributed by atoms with E-state index in [4.69, 9.17) is 0 Å². The maximum atomic E-state index is 10.7. The standard InChI is InChI=1S/C20H23O2P/c21-17-11-9-13-5-1-3-7-15(13)19(17)20-16-8-4-2-6-14(16)10-12-18(20)23-22/h9-12,21-23H,1-8H2. The Labute approximate surface area is 139 Å². The molecule has 4 rings (SSSR count). The fraction of sp³-hybridized carbons (Fsp3) is 0.400. The van der Waals surface area contributed by atoms with Crippen molar-refractivity contribution in [2.75, 3.05) is 0 Å². The van der Waals surface area contributed by atoms with Crippen LogP contribution >= 0.6 is 8.81 Å². The van der Waals surface area contributed by atoms with Gasteiger partial charge < -0.3 is 10.00 Å². The van der Waals surface area contributed by atoms with E-state index in [0.29, 0.717) is 5.75 Å². The highest BCUT2D eigenvalue weighted by Gasteiger charge is 2.24. The first kappa shape index (κ1) is 15.2. The molecule has 0 aromatic heterocycles. The Morgan fingerprint density at radius 2 is 1.26 bits per heavy atom. The second-order valence-electron chi connectivity index (χ2n) is 6.75. The monoisotopic (exact) mass is 326 g/mol. The van der Waals surface area contributed by atoms with Crippen LogP contribution in [-0.2, 0) is 25.7 Å². The van der Waals surface area contributed by atoms with E-state index in [2.05, 4.69) is 18.2 Å². The Kier molecular flexibility index (Phi) is 4.13. The number of phenolic OH excluding ortho intramolecular Hbond substituents is 1. The minimum Gasteiger partial charge on any atom is -0.507 e. The zero-order valence-corrected chi connectivity index (χ0v) is 14.4. The van der Waals surface area contributed by atoms with Crippen LogP contribution in [0.15, 0.2) is 24.3 Å². The highest BCUT2D eigenvalue weighted by Crippen LogP contribution is 2.42. The van der Waals surface area contributed by atoms with E-state index in [1.165, 1.54) is 47.9 Å². The second kappa shape index (κ2) is 6.26. The van der Waals surface area contributed by atoms with Crippen LogP contribution in [0, 0.1) is 0 Å². The Morgan fingerprint density at radius 1 is 0.696 bits per heavy atom. The van der Waals surface area contributed by atoms with Crippen molar-refractivity contribution in [1.29, 1.82) is 0 Å². The molecular weight excluding hydrogens is 303 g/mol. The van der Waals surface area contributed by atoms with Gasteiger partial charge in [0.05, 0.1) is 0 Å². The average Bonchev–Trinajstić information content (AvgIpc) is 2.61. The smallest absolute Gasteiger partial charge is 0.123 e. The van der Waals surface area contributed by atoms with Gasteiger partial charge in [0.15, 0.2) is 0 Å². The number of hydrogen-bond acceptors (Lipinski definition) is 2. The van der Waals surface area contributed by atoms with Crippen LogP contribution in [0.2, 0.25) is 0 Å². The molecule has 0 amide bonds. The van der Waals surface area contributed by atoms with Gasteiger partial charge in [-0.25, -0.2) is 0 Å². The van der Waals surface area contributed by atoms with Crippen molar-refractivity contribution in [3.8, 4) is 16.9 Å². The summed E-state index contributed by atoms with van der Waals surface area (Å²) in [4.78, 5) is 9.92. The number of benzene rings is 2. The molecule has 2 aromatic rings. The fourth-order valence-corrected chi connectivity index (χ4v) is 4.85. The summed E-state index contributed by atoms with van der Waals surface area (Å²) < 4.78 is 0. The molecule has 0 saturated carbocycles. The van der Waals surface area contributed by atoms with Gasteiger partial charge in [0.1, 0.15) is 5.75 Å². The molecule has 0 heterocycles. The first-order chi connectivity index (χ1) is 11.3. The van der Waals surface area contributed by atoms with E-state index < -0.39 is 0 Å². The predicted molar refractivity (Wildman–Crippen MR) is 97.0 cm³/mol. The molecule has 0 fully saturated rings. The van der Waals surface area contributed by atoms with Crippen molar-refractivity contribution in [3.05, 3.63) is 46.5 Å². The summed E-state index contributed by atoms with van der Waals surface area (Å²) in [5.74, 6) is 0.379. The van der Waals surface area contributed by atoms with Crippen LogP contribution in [0.5, 0.6) is 5.75 Å². The summed E-state index contributed by atoms with van der Waals surface area (Å²) in [7, 11) is -0.226. The summed E-state index contributed by atoms with van der Waals surface area (Å²) >= 11 is 0. The molecule has 120 valence electrons. The van der Waals surface area contributed by atoms with E-state index >= 15 is 0 Å². The minimum absolute atomic E-state index is 0.226. The van der Waals surface area contributed by atoms with Gasteiger partial charge in [0.25, 0.3) is 0 Å². The first-order valence-electron chi connectivity index (χ1n) is 8.68. The SMILES string of the molecule is OPc1ccc2c(c1-c1c(O)ccc3c1CCCC3)CCCC2. The molecule has 0 spiro atoms. The molecule has 0 radical (unpaired) electrons. The van der Waals surface area contributed by atoms with Crippen molar-refractivity contribution in [2.24, 2.45) is 0 Å². The zero-order valence-electron chi connectivity index (χ0n) is 13.4. The molecule has 23 heavy (non-hydrogen) atoms. The molecule has 2 aliphatic rings. The van der Waals surface area contributed by atoms with Crippen LogP contribution in [0.1, 0.15) is 47.9 Å². The van der Waals surface area contributed by atoms with Gasteiger partial charge in [-0.15, -0.1) is 0 Å². The zero-order chi connectivity index (χ0) is 15.8. The van der Waals surface area contributed by atoms with Gasteiger partial charge in [-0.2, -0.15) is 0 Å². The maximum Gasteiger partial charge on any atom is 0.123 e. The molecule has 0 saturated heterocycles. The lowest BCUT2D eigenvalue weighted by Crippen LogP contribution is -2.14. The number of phenols is 1. The predicted octanol–water partition coefficient (Wildman–Crippen LogP) is 4.03. The van der Waals surface area contributed by atoms with Crippen molar-refractivity contribution >= 4 is 14.1 Å². The van der Waals surface area contributed by atoms with E-state index in [1.807, 2.05) is 6.07 Å². The van der Waals surface area contributed by atoms with Gasteiger partial charge >= 0.3 is 0 Å². The Bertz CT molecular complexity index is 752. The molecule has 1 unspecified atom stereocenters. The van der Waals surface area contributed by atoms with Crippen molar-refractivity contribution in [2.45, 2.75) is 51.4 Å². The molecular formula is C20H23O2P. The quantitative estimate of drug-likeness (QED) is 0.818. The number of rotatable bonds is 2. The lowest BCUT2D eigenvalue weighted by Gasteiger charge is -2.26. The first-order valence-corrected chi connectivity index (χ1v) is 9.63. The molecule has 0 aliphatic heterocycles. The van der Waals surface area contributed by atoms with Crippen LogP contribution in [-0.4, -0.2) is 10.00 Å². The molecule has 1 atom stereocenters. The van der Waals surface area contributed by atoms with E-state index in [9.17, 15) is 10.00 Å². The molecule has 3 heteroatoms. The van der Waals surface area contributed by atoms with Crippen molar-refractivity contribution in [1.82, 2.24) is 0 Å². The summed E-state index contributed by atoms with van der Waals surface area (Å²) in [5, 5.41) is 11.6. The summed E-state index contributed by atoms with van der Waals surface area (Å²) in [6.07, 6.45) is 9.19. The lowest BCUT2D eigenvalue weighted by molar-refractivity contribution is 0.475. The second-order valence-corrected chi connectivity index (χ2v) is 7.51. The minimum atomic E-state index is -0.226. The highest BCUT2D eigenvalue weighted by molar-refractivity contribution is 7.41. The third-order valence-electron chi connectivity index (χ3n) is 5.41. The summed E-state index contributed by atoms with van der Waals surface area (Å²) in [6, 6.07) is 8.19. The topological polar surface area (TPSA) is 40.5 Å². The summed E-state index contributed by atoms with van der Waals surface area (Å²) in [5.41, 5.74) is 7.61. The molecule has 0 bridgehead atoms. The maximum absolute atomic E-state index is 10.7. The van der Waals surface area contributed by atoms with E-state index in [0.717, 1.165) is 42.1 Å². The average molecular weight is 326 g/mol. The summed E-state index contributed by atoms with van der Waals surface area (Å²) in [6.45, 7) is 0. The van der Waals surface area contributed by atoms with Crippen molar-refractivity contribution in [3.63, 3.8) is 0 Å². The number of aryl methyl sites for hydroxylation is 2. The van der Waals surface area contributed by atoms with Gasteiger partial charge in [-0.05, 0) is 85.3 Å². The normalized spacial score (nSPS) is 17.3. The molecule has 2 nitrogen and oxygen atoms in total. The highest BCUT2D eigenvalue weighted by atomic mass is 31.1. The lowest BCUT2D eigenvalue weighted by atomic mass is 9.80. The van der Waals surface area contributed by atoms with Gasteiger partial charge in [-0.1, -0.05) is 18.2 Å².